The lowest BCUT2D eigenvalue weighted by atomic mass is 10.1. The molecule has 17 heavy (non-hydrogen) atoms. The summed E-state index contributed by atoms with van der Waals surface area (Å²) in [5.74, 6) is 0. The van der Waals surface area contributed by atoms with Gasteiger partial charge in [-0.3, -0.25) is 10.1 Å². The van der Waals surface area contributed by atoms with E-state index in [1.807, 2.05) is 13.0 Å². The van der Waals surface area contributed by atoms with Gasteiger partial charge in [0.25, 0.3) is 5.69 Å². The fourth-order valence-electron chi connectivity index (χ4n) is 1.54. The number of hydrogen-bond acceptors (Lipinski definition) is 5. The molecule has 6 heteroatoms. The maximum absolute atomic E-state index is 10.7. The molecule has 1 N–H and O–H groups in total. The molecule has 0 spiro atoms. The van der Waals surface area contributed by atoms with Crippen LogP contribution in [0.25, 0.3) is 11.3 Å². The normalized spacial score (nSPS) is 10.2. The molecular formula is C11H11N3O2S. The number of nitrogens with one attached hydrogen (secondary N) is 1. The van der Waals surface area contributed by atoms with Crippen molar-refractivity contribution < 1.29 is 4.92 Å². The van der Waals surface area contributed by atoms with Gasteiger partial charge in [0.05, 0.1) is 10.6 Å². The molecular weight excluding hydrogens is 238 g/mol. The van der Waals surface area contributed by atoms with Crippen molar-refractivity contribution in [2.45, 2.75) is 6.92 Å². The van der Waals surface area contributed by atoms with Crippen molar-refractivity contribution in [3.05, 3.63) is 39.3 Å². The number of anilines is 1. The first-order valence-corrected chi connectivity index (χ1v) is 5.83. The predicted molar refractivity (Wildman–Crippen MR) is 68.5 cm³/mol. The monoisotopic (exact) mass is 249 g/mol. The summed E-state index contributed by atoms with van der Waals surface area (Å²) in [7, 11) is 1.80. The van der Waals surface area contributed by atoms with Crippen LogP contribution >= 0.6 is 11.3 Å². The zero-order valence-electron chi connectivity index (χ0n) is 9.43. The predicted octanol–water partition coefficient (Wildman–Crippen LogP) is 3.07. The Balaban J connectivity index is 2.48. The van der Waals surface area contributed by atoms with Gasteiger partial charge in [-0.25, -0.2) is 4.98 Å². The van der Waals surface area contributed by atoms with Gasteiger partial charge in [0, 0.05) is 29.6 Å². The van der Waals surface area contributed by atoms with E-state index >= 15 is 0 Å². The quantitative estimate of drug-likeness (QED) is 0.670. The molecule has 0 radical (unpaired) electrons. The number of benzene rings is 1. The Bertz CT molecular complexity index is 566. The summed E-state index contributed by atoms with van der Waals surface area (Å²) in [6.07, 6.45) is 0. The summed E-state index contributed by atoms with van der Waals surface area (Å²) in [4.78, 5) is 15.7. The Hall–Kier alpha value is -1.95. The molecule has 88 valence electrons. The Kier molecular flexibility index (Phi) is 3.06. The molecule has 1 aromatic carbocycles. The Morgan fingerprint density at radius 2 is 2.24 bits per heavy atom. The molecule has 0 aliphatic carbocycles. The van der Waals surface area contributed by atoms with E-state index in [9.17, 15) is 10.1 Å². The van der Waals surface area contributed by atoms with Crippen LogP contribution in [0.5, 0.6) is 0 Å². The average Bonchev–Trinajstić information content (AvgIpc) is 2.71. The fraction of sp³-hybridized carbons (Fsp3) is 0.182. The lowest BCUT2D eigenvalue weighted by molar-refractivity contribution is -0.384. The van der Waals surface area contributed by atoms with Crippen molar-refractivity contribution in [3.63, 3.8) is 0 Å². The van der Waals surface area contributed by atoms with Gasteiger partial charge in [-0.05, 0) is 6.92 Å². The number of nitro benzene ring substituents is 1. The zero-order chi connectivity index (χ0) is 12.4. The largest absolute Gasteiger partial charge is 0.365 e. The zero-order valence-corrected chi connectivity index (χ0v) is 10.2. The molecule has 0 saturated carbocycles. The van der Waals surface area contributed by atoms with Gasteiger partial charge in [0.2, 0.25) is 0 Å². The molecule has 0 saturated heterocycles. The van der Waals surface area contributed by atoms with E-state index in [0.29, 0.717) is 0 Å². The van der Waals surface area contributed by atoms with Crippen LogP contribution < -0.4 is 5.32 Å². The summed E-state index contributed by atoms with van der Waals surface area (Å²) < 4.78 is 0. The highest BCUT2D eigenvalue weighted by Crippen LogP contribution is 2.31. The molecule has 0 unspecified atom stereocenters. The van der Waals surface area contributed by atoms with Crippen LogP contribution in [0, 0.1) is 17.0 Å². The first-order chi connectivity index (χ1) is 8.11. The van der Waals surface area contributed by atoms with E-state index in [-0.39, 0.29) is 5.69 Å². The summed E-state index contributed by atoms with van der Waals surface area (Å²) in [6, 6.07) is 6.52. The van der Waals surface area contributed by atoms with E-state index < -0.39 is 4.92 Å². The van der Waals surface area contributed by atoms with Gasteiger partial charge < -0.3 is 5.32 Å². The molecule has 0 amide bonds. The second-order valence-corrected chi connectivity index (χ2v) is 4.68. The van der Waals surface area contributed by atoms with Crippen LogP contribution in [-0.2, 0) is 0 Å². The van der Waals surface area contributed by atoms with Crippen molar-refractivity contribution in [1.29, 1.82) is 0 Å². The van der Waals surface area contributed by atoms with Crippen LogP contribution in [0.4, 0.5) is 10.8 Å². The Labute approximate surface area is 102 Å². The number of nitro groups is 1. The highest BCUT2D eigenvalue weighted by molar-refractivity contribution is 7.15. The molecule has 0 bridgehead atoms. The van der Waals surface area contributed by atoms with Gasteiger partial charge >= 0.3 is 0 Å². The Morgan fingerprint density at radius 3 is 2.82 bits per heavy atom. The number of thiazole rings is 1. The molecule has 1 aromatic heterocycles. The highest BCUT2D eigenvalue weighted by atomic mass is 32.1. The van der Waals surface area contributed by atoms with Crippen LogP contribution in [0.15, 0.2) is 24.3 Å². The van der Waals surface area contributed by atoms with E-state index in [0.717, 1.165) is 21.3 Å². The minimum Gasteiger partial charge on any atom is -0.365 e. The number of rotatable bonds is 3. The SMILES string of the molecule is CNc1nc(-c2cccc([N+](=O)[O-])c2)c(C)s1. The Morgan fingerprint density at radius 1 is 1.47 bits per heavy atom. The maximum atomic E-state index is 10.7. The van der Waals surface area contributed by atoms with Crippen LogP contribution in [0.2, 0.25) is 0 Å². The average molecular weight is 249 g/mol. The highest BCUT2D eigenvalue weighted by Gasteiger charge is 2.12. The van der Waals surface area contributed by atoms with Crippen molar-refractivity contribution in [1.82, 2.24) is 4.98 Å². The van der Waals surface area contributed by atoms with Crippen LogP contribution in [0.1, 0.15) is 4.88 Å². The number of aryl methyl sites for hydroxylation is 1. The summed E-state index contributed by atoms with van der Waals surface area (Å²) in [6.45, 7) is 1.95. The van der Waals surface area contributed by atoms with Gasteiger partial charge in [-0.15, -0.1) is 11.3 Å². The minimum absolute atomic E-state index is 0.0842. The molecule has 2 rings (SSSR count). The van der Waals surface area contributed by atoms with E-state index in [1.54, 1.807) is 19.2 Å². The smallest absolute Gasteiger partial charge is 0.270 e. The van der Waals surface area contributed by atoms with Gasteiger partial charge in [0.15, 0.2) is 5.13 Å². The summed E-state index contributed by atoms with van der Waals surface area (Å²) >= 11 is 1.53. The first kappa shape index (κ1) is 11.5. The molecule has 0 aliphatic heterocycles. The summed E-state index contributed by atoms with van der Waals surface area (Å²) in [5.41, 5.74) is 1.65. The van der Waals surface area contributed by atoms with Gasteiger partial charge in [0.1, 0.15) is 0 Å². The van der Waals surface area contributed by atoms with E-state index in [4.69, 9.17) is 0 Å². The van der Waals surface area contributed by atoms with Crippen molar-refractivity contribution in [2.24, 2.45) is 0 Å². The van der Waals surface area contributed by atoms with Gasteiger partial charge in [-0.2, -0.15) is 0 Å². The molecule has 2 aromatic rings. The lowest BCUT2D eigenvalue weighted by Gasteiger charge is -1.98. The molecule has 1 heterocycles. The molecule has 0 fully saturated rings. The molecule has 0 aliphatic rings. The topological polar surface area (TPSA) is 68.1 Å². The van der Waals surface area contributed by atoms with Gasteiger partial charge in [-0.1, -0.05) is 12.1 Å². The number of aromatic nitrogens is 1. The maximum Gasteiger partial charge on any atom is 0.270 e. The lowest BCUT2D eigenvalue weighted by Crippen LogP contribution is -1.89. The number of non-ortho nitro benzene ring substituents is 1. The third-order valence-corrected chi connectivity index (χ3v) is 3.33. The van der Waals surface area contributed by atoms with E-state index in [1.165, 1.54) is 17.4 Å². The third kappa shape index (κ3) is 2.26. The second kappa shape index (κ2) is 4.50. The van der Waals surface area contributed by atoms with Crippen LogP contribution in [-0.4, -0.2) is 17.0 Å². The van der Waals surface area contributed by atoms with E-state index in [2.05, 4.69) is 10.3 Å². The number of hydrogen-bond donors (Lipinski definition) is 1. The molecule has 0 atom stereocenters. The van der Waals surface area contributed by atoms with Crippen molar-refractivity contribution in [2.75, 3.05) is 12.4 Å². The fourth-order valence-corrected chi connectivity index (χ4v) is 2.33. The third-order valence-electron chi connectivity index (χ3n) is 2.34. The van der Waals surface area contributed by atoms with Crippen LogP contribution in [0.3, 0.4) is 0 Å². The standard InChI is InChI=1S/C11H11N3O2S/c1-7-10(13-11(12-2)17-7)8-4-3-5-9(6-8)14(15)16/h3-6H,1-2H3,(H,12,13). The van der Waals surface area contributed by atoms with Crippen molar-refractivity contribution >= 4 is 22.2 Å². The first-order valence-electron chi connectivity index (χ1n) is 5.02. The minimum atomic E-state index is -0.399. The summed E-state index contributed by atoms with van der Waals surface area (Å²) in [5, 5.41) is 14.5. The molecule has 5 nitrogen and oxygen atoms in total. The van der Waals surface area contributed by atoms with Crippen molar-refractivity contribution in [3.8, 4) is 11.3 Å². The number of nitrogens with zero attached hydrogens (tertiary/aromatic N) is 2. The second-order valence-electron chi connectivity index (χ2n) is 3.48.